The fourth-order valence-electron chi connectivity index (χ4n) is 2.29. The van der Waals surface area contributed by atoms with Crippen LogP contribution in [-0.2, 0) is 11.6 Å². The van der Waals surface area contributed by atoms with Crippen molar-refractivity contribution in [1.29, 1.82) is 0 Å². The summed E-state index contributed by atoms with van der Waals surface area (Å²) < 4.78 is 38.7. The first kappa shape index (κ1) is 15.0. The Balaban J connectivity index is 3.61. The van der Waals surface area contributed by atoms with Crippen LogP contribution >= 0.6 is 0 Å². The zero-order chi connectivity index (χ0) is 14.3. The lowest BCUT2D eigenvalue weighted by molar-refractivity contribution is -0.138. The lowest BCUT2D eigenvalue weighted by Gasteiger charge is -2.28. The Morgan fingerprint density at radius 2 is 1.61 bits per heavy atom. The van der Waals surface area contributed by atoms with E-state index in [-0.39, 0.29) is 11.3 Å². The topological polar surface area (TPSA) is 12.9 Å². The van der Waals surface area contributed by atoms with E-state index in [0.717, 1.165) is 11.9 Å². The zero-order valence-electron chi connectivity index (χ0n) is 11.7. The third-order valence-corrected chi connectivity index (χ3v) is 2.97. The summed E-state index contributed by atoms with van der Waals surface area (Å²) in [6.07, 6.45) is -3.38. The van der Waals surface area contributed by atoms with E-state index in [1.165, 1.54) is 6.92 Å². The number of aromatic nitrogens is 1. The SMILES string of the molecule is Cc1c(C(F)(F)F)cnc(C(C)C)c1C(C)(C)C. The average Bonchev–Trinajstić information content (AvgIpc) is 2.12. The van der Waals surface area contributed by atoms with Gasteiger partial charge in [0.1, 0.15) is 0 Å². The molecule has 0 bridgehead atoms. The molecule has 0 spiro atoms. The standard InChI is InChI=1S/C14H20F3N/c1-8(2)12-11(13(4,5)6)9(3)10(7-18-12)14(15,16)17/h7-8H,1-6H3. The van der Waals surface area contributed by atoms with Gasteiger partial charge >= 0.3 is 6.18 Å². The molecule has 0 radical (unpaired) electrons. The van der Waals surface area contributed by atoms with Crippen LogP contribution in [0.3, 0.4) is 0 Å². The minimum atomic E-state index is -4.34. The van der Waals surface area contributed by atoms with Gasteiger partial charge in [-0.25, -0.2) is 0 Å². The van der Waals surface area contributed by atoms with Gasteiger partial charge in [0.05, 0.1) is 5.56 Å². The van der Waals surface area contributed by atoms with E-state index in [9.17, 15) is 13.2 Å². The fourth-order valence-corrected chi connectivity index (χ4v) is 2.29. The van der Waals surface area contributed by atoms with E-state index in [1.807, 2.05) is 34.6 Å². The third-order valence-electron chi connectivity index (χ3n) is 2.97. The van der Waals surface area contributed by atoms with Crippen LogP contribution in [0.15, 0.2) is 6.20 Å². The lowest BCUT2D eigenvalue weighted by Crippen LogP contribution is -2.21. The number of hydrogen-bond donors (Lipinski definition) is 0. The quantitative estimate of drug-likeness (QED) is 0.704. The summed E-state index contributed by atoms with van der Waals surface area (Å²) in [5, 5.41) is 0. The molecule has 0 fully saturated rings. The van der Waals surface area contributed by atoms with Crippen LogP contribution in [0.2, 0.25) is 0 Å². The minimum absolute atomic E-state index is 0.111. The zero-order valence-corrected chi connectivity index (χ0v) is 11.7. The molecule has 0 saturated carbocycles. The number of halogens is 3. The molecule has 0 aliphatic carbocycles. The van der Waals surface area contributed by atoms with Crippen LogP contribution in [0.25, 0.3) is 0 Å². The monoisotopic (exact) mass is 259 g/mol. The van der Waals surface area contributed by atoms with Gasteiger partial charge in [0.25, 0.3) is 0 Å². The van der Waals surface area contributed by atoms with E-state index in [4.69, 9.17) is 0 Å². The first-order valence-electron chi connectivity index (χ1n) is 6.03. The molecule has 0 unspecified atom stereocenters. The molecule has 0 saturated heterocycles. The third kappa shape index (κ3) is 2.85. The molecule has 4 heteroatoms. The molecule has 0 aromatic carbocycles. The van der Waals surface area contributed by atoms with Crippen molar-refractivity contribution in [1.82, 2.24) is 4.98 Å². The molecule has 18 heavy (non-hydrogen) atoms. The van der Waals surface area contributed by atoms with Crippen molar-refractivity contribution in [3.05, 3.63) is 28.6 Å². The smallest absolute Gasteiger partial charge is 0.260 e. The molecule has 1 nitrogen and oxygen atoms in total. The van der Waals surface area contributed by atoms with Gasteiger partial charge in [0.15, 0.2) is 0 Å². The van der Waals surface area contributed by atoms with Crippen molar-refractivity contribution in [2.75, 3.05) is 0 Å². The Morgan fingerprint density at radius 1 is 1.11 bits per heavy atom. The van der Waals surface area contributed by atoms with Crippen LogP contribution in [0.5, 0.6) is 0 Å². The molecule has 102 valence electrons. The molecular formula is C14H20F3N. The van der Waals surface area contributed by atoms with E-state index in [1.54, 1.807) is 0 Å². The van der Waals surface area contributed by atoms with Crippen LogP contribution in [0.4, 0.5) is 13.2 Å². The lowest BCUT2D eigenvalue weighted by atomic mass is 9.79. The van der Waals surface area contributed by atoms with E-state index >= 15 is 0 Å². The number of rotatable bonds is 1. The molecule has 0 aliphatic heterocycles. The molecule has 0 aliphatic rings. The molecule has 1 heterocycles. The maximum atomic E-state index is 12.9. The highest BCUT2D eigenvalue weighted by Crippen LogP contribution is 2.38. The Hall–Kier alpha value is -1.06. The summed E-state index contributed by atoms with van der Waals surface area (Å²) in [4.78, 5) is 4.05. The van der Waals surface area contributed by atoms with Crippen molar-refractivity contribution >= 4 is 0 Å². The van der Waals surface area contributed by atoms with Crippen molar-refractivity contribution in [2.45, 2.75) is 59.1 Å². The molecule has 0 atom stereocenters. The highest BCUT2D eigenvalue weighted by Gasteiger charge is 2.36. The van der Waals surface area contributed by atoms with Crippen molar-refractivity contribution in [2.24, 2.45) is 0 Å². The molecule has 1 aromatic rings. The predicted molar refractivity (Wildman–Crippen MR) is 66.8 cm³/mol. The maximum Gasteiger partial charge on any atom is 0.418 e. The van der Waals surface area contributed by atoms with Crippen molar-refractivity contribution in [3.8, 4) is 0 Å². The van der Waals surface area contributed by atoms with Crippen LogP contribution in [-0.4, -0.2) is 4.98 Å². The second-order valence-electron chi connectivity index (χ2n) is 5.96. The fraction of sp³-hybridized carbons (Fsp3) is 0.643. The van der Waals surface area contributed by atoms with Crippen molar-refractivity contribution in [3.63, 3.8) is 0 Å². The second-order valence-corrected chi connectivity index (χ2v) is 5.96. The van der Waals surface area contributed by atoms with Crippen LogP contribution < -0.4 is 0 Å². The van der Waals surface area contributed by atoms with Gasteiger partial charge in [0, 0.05) is 11.9 Å². The van der Waals surface area contributed by atoms with Crippen LogP contribution in [0.1, 0.15) is 62.9 Å². The average molecular weight is 259 g/mol. The minimum Gasteiger partial charge on any atom is -0.260 e. The van der Waals surface area contributed by atoms with E-state index < -0.39 is 11.7 Å². The Morgan fingerprint density at radius 3 is 1.94 bits per heavy atom. The molecule has 1 rings (SSSR count). The summed E-state index contributed by atoms with van der Waals surface area (Å²) in [6, 6.07) is 0. The van der Waals surface area contributed by atoms with E-state index in [0.29, 0.717) is 11.1 Å². The number of hydrogen-bond acceptors (Lipinski definition) is 1. The summed E-state index contributed by atoms with van der Waals surface area (Å²) in [6.45, 7) is 11.2. The predicted octanol–water partition coefficient (Wildman–Crippen LogP) is 4.83. The van der Waals surface area contributed by atoms with Gasteiger partial charge in [-0.2, -0.15) is 13.2 Å². The van der Waals surface area contributed by atoms with Gasteiger partial charge in [-0.1, -0.05) is 34.6 Å². The summed E-state index contributed by atoms with van der Waals surface area (Å²) >= 11 is 0. The van der Waals surface area contributed by atoms with Gasteiger partial charge in [-0.15, -0.1) is 0 Å². The van der Waals surface area contributed by atoms with E-state index in [2.05, 4.69) is 4.98 Å². The number of alkyl halides is 3. The molecule has 1 aromatic heterocycles. The molecule has 0 N–H and O–H groups in total. The normalized spacial score (nSPS) is 13.2. The summed E-state index contributed by atoms with van der Waals surface area (Å²) in [7, 11) is 0. The highest BCUT2D eigenvalue weighted by atomic mass is 19.4. The number of pyridine rings is 1. The largest absolute Gasteiger partial charge is 0.418 e. The molecule has 0 amide bonds. The Kier molecular flexibility index (Phi) is 3.80. The first-order chi connectivity index (χ1) is 7.96. The van der Waals surface area contributed by atoms with Gasteiger partial charge < -0.3 is 0 Å². The highest BCUT2D eigenvalue weighted by molar-refractivity contribution is 5.42. The first-order valence-corrected chi connectivity index (χ1v) is 6.03. The van der Waals surface area contributed by atoms with Gasteiger partial charge in [-0.3, -0.25) is 4.98 Å². The second kappa shape index (κ2) is 4.56. The van der Waals surface area contributed by atoms with Gasteiger partial charge in [-0.05, 0) is 29.4 Å². The van der Waals surface area contributed by atoms with Crippen LogP contribution in [0, 0.1) is 6.92 Å². The maximum absolute atomic E-state index is 12.9. The van der Waals surface area contributed by atoms with Crippen molar-refractivity contribution < 1.29 is 13.2 Å². The summed E-state index contributed by atoms with van der Waals surface area (Å²) in [5.41, 5.74) is 0.795. The molecular weight excluding hydrogens is 239 g/mol. The number of nitrogens with zero attached hydrogens (tertiary/aromatic N) is 1. The Labute approximate surface area is 106 Å². The summed E-state index contributed by atoms with van der Waals surface area (Å²) in [5.74, 6) is 0.111. The van der Waals surface area contributed by atoms with Gasteiger partial charge in [0.2, 0.25) is 0 Å². The Bertz CT molecular complexity index is 440.